The van der Waals surface area contributed by atoms with Crippen molar-refractivity contribution >= 4 is 17.3 Å². The molecule has 1 atom stereocenters. The molecule has 2 aromatic rings. The second-order valence-corrected chi connectivity index (χ2v) is 5.47. The standard InChI is InChI=1S/C18H20N2O/c1-3-13-8-6-7-12(2)17(13)20-18(21)15-11-19-16-10-5-4-9-14(15)16/h4-10,15,19H,3,11H2,1-2H3,(H,20,21). The molecule has 0 aromatic heterocycles. The number of hydrogen-bond acceptors (Lipinski definition) is 2. The van der Waals surface area contributed by atoms with Crippen molar-refractivity contribution in [3.63, 3.8) is 0 Å². The van der Waals surface area contributed by atoms with Crippen LogP contribution < -0.4 is 10.6 Å². The number of rotatable bonds is 3. The normalized spacial score (nSPS) is 16.2. The van der Waals surface area contributed by atoms with Gasteiger partial charge in [-0.2, -0.15) is 0 Å². The molecule has 3 rings (SSSR count). The Balaban J connectivity index is 1.86. The quantitative estimate of drug-likeness (QED) is 0.900. The van der Waals surface area contributed by atoms with Gasteiger partial charge in [-0.25, -0.2) is 0 Å². The van der Waals surface area contributed by atoms with Crippen molar-refractivity contribution in [2.75, 3.05) is 17.2 Å². The number of carbonyl (C=O) groups is 1. The minimum Gasteiger partial charge on any atom is -0.384 e. The van der Waals surface area contributed by atoms with Crippen molar-refractivity contribution in [1.82, 2.24) is 0 Å². The van der Waals surface area contributed by atoms with Gasteiger partial charge in [0.15, 0.2) is 0 Å². The maximum absolute atomic E-state index is 12.6. The van der Waals surface area contributed by atoms with Gasteiger partial charge >= 0.3 is 0 Å². The summed E-state index contributed by atoms with van der Waals surface area (Å²) in [5.41, 5.74) is 5.42. The van der Waals surface area contributed by atoms with Crippen LogP contribution in [0.2, 0.25) is 0 Å². The number of amides is 1. The van der Waals surface area contributed by atoms with E-state index in [1.165, 1.54) is 5.56 Å². The van der Waals surface area contributed by atoms with Crippen LogP contribution in [0.5, 0.6) is 0 Å². The number of para-hydroxylation sites is 2. The zero-order valence-corrected chi connectivity index (χ0v) is 12.4. The van der Waals surface area contributed by atoms with E-state index < -0.39 is 0 Å². The van der Waals surface area contributed by atoms with Crippen molar-refractivity contribution in [1.29, 1.82) is 0 Å². The number of nitrogens with one attached hydrogen (secondary N) is 2. The molecule has 0 saturated carbocycles. The van der Waals surface area contributed by atoms with E-state index in [4.69, 9.17) is 0 Å². The molecular weight excluding hydrogens is 260 g/mol. The average molecular weight is 280 g/mol. The monoisotopic (exact) mass is 280 g/mol. The third-order valence-electron chi connectivity index (χ3n) is 4.14. The first-order valence-corrected chi connectivity index (χ1v) is 7.43. The van der Waals surface area contributed by atoms with Gasteiger partial charge in [0.05, 0.1) is 5.92 Å². The Morgan fingerprint density at radius 2 is 2.05 bits per heavy atom. The highest BCUT2D eigenvalue weighted by Gasteiger charge is 2.28. The van der Waals surface area contributed by atoms with Crippen LogP contribution in [0.3, 0.4) is 0 Å². The summed E-state index contributed by atoms with van der Waals surface area (Å²) in [6, 6.07) is 14.2. The van der Waals surface area contributed by atoms with Crippen LogP contribution in [-0.2, 0) is 11.2 Å². The van der Waals surface area contributed by atoms with Gasteiger partial charge in [0.2, 0.25) is 5.91 Å². The molecule has 0 spiro atoms. The lowest BCUT2D eigenvalue weighted by Crippen LogP contribution is -2.23. The van der Waals surface area contributed by atoms with E-state index in [1.54, 1.807) is 0 Å². The average Bonchev–Trinajstić information content (AvgIpc) is 2.93. The van der Waals surface area contributed by atoms with Crippen molar-refractivity contribution in [2.24, 2.45) is 0 Å². The number of anilines is 2. The minimum absolute atomic E-state index is 0.0662. The van der Waals surface area contributed by atoms with Crippen molar-refractivity contribution in [3.05, 3.63) is 59.2 Å². The van der Waals surface area contributed by atoms with Gasteiger partial charge in [0.1, 0.15) is 0 Å². The highest BCUT2D eigenvalue weighted by molar-refractivity contribution is 5.99. The summed E-state index contributed by atoms with van der Waals surface area (Å²) in [6.07, 6.45) is 0.913. The lowest BCUT2D eigenvalue weighted by atomic mass is 9.99. The van der Waals surface area contributed by atoms with Crippen molar-refractivity contribution in [2.45, 2.75) is 26.2 Å². The van der Waals surface area contributed by atoms with Gasteiger partial charge in [-0.05, 0) is 36.1 Å². The lowest BCUT2D eigenvalue weighted by Gasteiger charge is -2.16. The number of fused-ring (bicyclic) bond motifs is 1. The van der Waals surface area contributed by atoms with Gasteiger partial charge in [0.25, 0.3) is 0 Å². The van der Waals surface area contributed by atoms with Gasteiger partial charge in [-0.1, -0.05) is 43.3 Å². The molecule has 21 heavy (non-hydrogen) atoms. The third-order valence-corrected chi connectivity index (χ3v) is 4.14. The van der Waals surface area contributed by atoms with E-state index in [1.807, 2.05) is 43.3 Å². The molecule has 3 heteroatoms. The maximum atomic E-state index is 12.6. The Bertz CT molecular complexity index is 679. The summed E-state index contributed by atoms with van der Waals surface area (Å²) in [7, 11) is 0. The Morgan fingerprint density at radius 1 is 1.24 bits per heavy atom. The van der Waals surface area contributed by atoms with E-state index in [0.717, 1.165) is 28.9 Å². The fraction of sp³-hybridized carbons (Fsp3) is 0.278. The summed E-state index contributed by atoms with van der Waals surface area (Å²) in [5.74, 6) is -0.0537. The molecule has 0 saturated heterocycles. The molecule has 108 valence electrons. The second-order valence-electron chi connectivity index (χ2n) is 5.47. The molecule has 1 aliphatic rings. The van der Waals surface area contributed by atoms with Crippen molar-refractivity contribution in [3.8, 4) is 0 Å². The van der Waals surface area contributed by atoms with E-state index in [2.05, 4.69) is 23.6 Å². The highest BCUT2D eigenvalue weighted by atomic mass is 16.1. The largest absolute Gasteiger partial charge is 0.384 e. The van der Waals surface area contributed by atoms with E-state index >= 15 is 0 Å². The molecule has 0 aliphatic carbocycles. The third kappa shape index (κ3) is 2.51. The second kappa shape index (κ2) is 5.60. The molecule has 2 aromatic carbocycles. The first-order chi connectivity index (χ1) is 10.2. The molecule has 0 bridgehead atoms. The number of aryl methyl sites for hydroxylation is 2. The predicted octanol–water partition coefficient (Wildman–Crippen LogP) is 3.71. The van der Waals surface area contributed by atoms with Crippen molar-refractivity contribution < 1.29 is 4.79 Å². The first kappa shape index (κ1) is 13.7. The summed E-state index contributed by atoms with van der Waals surface area (Å²) in [5, 5.41) is 6.43. The fourth-order valence-electron chi connectivity index (χ4n) is 2.93. The van der Waals surface area contributed by atoms with Crippen LogP contribution in [-0.4, -0.2) is 12.5 Å². The Labute approximate surface area is 125 Å². The SMILES string of the molecule is CCc1cccc(C)c1NC(=O)C1CNc2ccccc21. The van der Waals surface area contributed by atoms with Gasteiger partial charge in [-0.15, -0.1) is 0 Å². The molecule has 1 heterocycles. The predicted molar refractivity (Wildman–Crippen MR) is 86.9 cm³/mol. The van der Waals surface area contributed by atoms with Crippen LogP contribution in [0.4, 0.5) is 11.4 Å². The Kier molecular flexibility index (Phi) is 3.65. The van der Waals surface area contributed by atoms with Crippen LogP contribution in [0, 0.1) is 6.92 Å². The minimum atomic E-state index is -0.120. The zero-order chi connectivity index (χ0) is 14.8. The molecule has 1 amide bonds. The van der Waals surface area contributed by atoms with Gasteiger partial charge < -0.3 is 10.6 Å². The summed E-state index contributed by atoms with van der Waals surface area (Å²) < 4.78 is 0. The number of carbonyl (C=O) groups excluding carboxylic acids is 1. The molecule has 1 unspecified atom stereocenters. The number of hydrogen-bond donors (Lipinski definition) is 2. The lowest BCUT2D eigenvalue weighted by molar-refractivity contribution is -0.117. The van der Waals surface area contributed by atoms with E-state index in [9.17, 15) is 4.79 Å². The van der Waals surface area contributed by atoms with Crippen LogP contribution in [0.1, 0.15) is 29.5 Å². The van der Waals surface area contributed by atoms with Crippen LogP contribution >= 0.6 is 0 Å². The zero-order valence-electron chi connectivity index (χ0n) is 12.4. The van der Waals surface area contributed by atoms with Gasteiger partial charge in [0, 0.05) is 17.9 Å². The van der Waals surface area contributed by atoms with Crippen LogP contribution in [0.25, 0.3) is 0 Å². The van der Waals surface area contributed by atoms with Gasteiger partial charge in [-0.3, -0.25) is 4.79 Å². The molecule has 0 radical (unpaired) electrons. The molecule has 0 fully saturated rings. The molecule has 1 aliphatic heterocycles. The molecule has 2 N–H and O–H groups in total. The van der Waals surface area contributed by atoms with Crippen LogP contribution in [0.15, 0.2) is 42.5 Å². The highest BCUT2D eigenvalue weighted by Crippen LogP contribution is 2.32. The summed E-state index contributed by atoms with van der Waals surface area (Å²) >= 11 is 0. The summed E-state index contributed by atoms with van der Waals surface area (Å²) in [6.45, 7) is 4.81. The Hall–Kier alpha value is -2.29. The topological polar surface area (TPSA) is 41.1 Å². The fourth-order valence-corrected chi connectivity index (χ4v) is 2.93. The smallest absolute Gasteiger partial charge is 0.233 e. The Morgan fingerprint density at radius 3 is 2.86 bits per heavy atom. The van der Waals surface area contributed by atoms with E-state index in [-0.39, 0.29) is 11.8 Å². The number of benzene rings is 2. The first-order valence-electron chi connectivity index (χ1n) is 7.43. The molecule has 3 nitrogen and oxygen atoms in total. The molecular formula is C18H20N2O. The summed E-state index contributed by atoms with van der Waals surface area (Å²) in [4.78, 5) is 12.6. The maximum Gasteiger partial charge on any atom is 0.233 e. The van der Waals surface area contributed by atoms with E-state index in [0.29, 0.717) is 6.54 Å².